The number of nitrogens with zero attached hydrogens (tertiary/aromatic N) is 4. The molecule has 0 amide bonds. The molecule has 0 fully saturated rings. The van der Waals surface area contributed by atoms with E-state index in [2.05, 4.69) is 15.0 Å². The molecule has 0 spiro atoms. The van der Waals surface area contributed by atoms with Gasteiger partial charge in [0.25, 0.3) is 0 Å². The summed E-state index contributed by atoms with van der Waals surface area (Å²) in [5, 5.41) is 18.1. The van der Waals surface area contributed by atoms with Crippen LogP contribution in [0.5, 0.6) is 0 Å². The number of imidazole rings is 1. The predicted molar refractivity (Wildman–Crippen MR) is 66.4 cm³/mol. The van der Waals surface area contributed by atoms with Gasteiger partial charge in [-0.15, -0.1) is 0 Å². The molecule has 0 bridgehead atoms. The molecule has 2 aromatic rings. The van der Waals surface area contributed by atoms with E-state index in [1.54, 1.807) is 10.9 Å². The summed E-state index contributed by atoms with van der Waals surface area (Å²) < 4.78 is 1.75. The Morgan fingerprint density at radius 3 is 2.72 bits per heavy atom. The van der Waals surface area contributed by atoms with Crippen LogP contribution in [0.25, 0.3) is 11.2 Å². The normalized spacial score (nSPS) is 13.0. The summed E-state index contributed by atoms with van der Waals surface area (Å²) >= 11 is 0. The van der Waals surface area contributed by atoms with Gasteiger partial charge < -0.3 is 26.2 Å². The molecule has 1 unspecified atom stereocenters. The zero-order chi connectivity index (χ0) is 13.1. The summed E-state index contributed by atoms with van der Waals surface area (Å²) in [6.45, 7) is 0.497. The van der Waals surface area contributed by atoms with Crippen molar-refractivity contribution in [3.05, 3.63) is 6.33 Å². The number of aliphatic hydroxyl groups excluding tert-OH is 2. The van der Waals surface area contributed by atoms with E-state index in [0.717, 1.165) is 0 Å². The standard InChI is InChI=1S/C10H16N6O2/c11-8-7-9(15-10(12)14-8)16(5-13-7)3-6(4-18)1-2-17/h5-6,17-18H,1-4H2,(H4,11,12,14,15). The highest BCUT2D eigenvalue weighted by molar-refractivity contribution is 5.82. The van der Waals surface area contributed by atoms with Gasteiger partial charge in [0.05, 0.1) is 6.33 Å². The lowest BCUT2D eigenvalue weighted by Crippen LogP contribution is -2.16. The second kappa shape index (κ2) is 5.15. The molecule has 0 aliphatic heterocycles. The molecule has 0 radical (unpaired) electrons. The monoisotopic (exact) mass is 252 g/mol. The first-order chi connectivity index (χ1) is 8.65. The van der Waals surface area contributed by atoms with E-state index >= 15 is 0 Å². The maximum Gasteiger partial charge on any atom is 0.224 e. The summed E-state index contributed by atoms with van der Waals surface area (Å²) in [6, 6.07) is 0. The van der Waals surface area contributed by atoms with Crippen LogP contribution in [0.2, 0.25) is 0 Å². The molecule has 0 saturated heterocycles. The minimum absolute atomic E-state index is 0.0176. The highest BCUT2D eigenvalue weighted by Crippen LogP contribution is 2.18. The number of hydrogen-bond donors (Lipinski definition) is 4. The topological polar surface area (TPSA) is 136 Å². The predicted octanol–water partition coefficient (Wildman–Crippen LogP) is -1.02. The molecule has 6 N–H and O–H groups in total. The first-order valence-corrected chi connectivity index (χ1v) is 5.61. The molecule has 8 heteroatoms. The highest BCUT2D eigenvalue weighted by Gasteiger charge is 2.13. The minimum atomic E-state index is -0.0650. The number of nitrogen functional groups attached to an aromatic ring is 2. The van der Waals surface area contributed by atoms with Crippen LogP contribution in [0.3, 0.4) is 0 Å². The molecular weight excluding hydrogens is 236 g/mol. The fourth-order valence-corrected chi connectivity index (χ4v) is 1.82. The Morgan fingerprint density at radius 1 is 1.28 bits per heavy atom. The van der Waals surface area contributed by atoms with Gasteiger partial charge in [-0.3, -0.25) is 0 Å². The van der Waals surface area contributed by atoms with Crippen molar-refractivity contribution in [2.45, 2.75) is 13.0 Å². The van der Waals surface area contributed by atoms with Crippen LogP contribution < -0.4 is 11.5 Å². The van der Waals surface area contributed by atoms with E-state index in [-0.39, 0.29) is 30.9 Å². The average Bonchev–Trinajstić information content (AvgIpc) is 2.72. The van der Waals surface area contributed by atoms with Crippen LogP contribution in [0.1, 0.15) is 6.42 Å². The van der Waals surface area contributed by atoms with Crippen molar-refractivity contribution in [3.8, 4) is 0 Å². The number of aromatic nitrogens is 4. The molecule has 8 nitrogen and oxygen atoms in total. The number of hydrogen-bond acceptors (Lipinski definition) is 7. The van der Waals surface area contributed by atoms with Gasteiger partial charge in [-0.2, -0.15) is 9.97 Å². The van der Waals surface area contributed by atoms with Crippen LogP contribution in [0, 0.1) is 5.92 Å². The second-order valence-corrected chi connectivity index (χ2v) is 4.10. The van der Waals surface area contributed by atoms with Crippen LogP contribution in [0.15, 0.2) is 6.33 Å². The molecule has 0 aliphatic rings. The Hall–Kier alpha value is -1.93. The molecule has 2 rings (SSSR count). The van der Waals surface area contributed by atoms with Crippen molar-refractivity contribution in [3.63, 3.8) is 0 Å². The number of anilines is 2. The fraction of sp³-hybridized carbons (Fsp3) is 0.500. The zero-order valence-corrected chi connectivity index (χ0v) is 9.82. The minimum Gasteiger partial charge on any atom is -0.396 e. The van der Waals surface area contributed by atoms with Gasteiger partial charge in [0.15, 0.2) is 11.5 Å². The van der Waals surface area contributed by atoms with Crippen molar-refractivity contribution >= 4 is 22.9 Å². The van der Waals surface area contributed by atoms with Crippen molar-refractivity contribution in [2.24, 2.45) is 5.92 Å². The third-order valence-electron chi connectivity index (χ3n) is 2.76. The third-order valence-corrected chi connectivity index (χ3v) is 2.76. The van der Waals surface area contributed by atoms with Gasteiger partial charge in [-0.25, -0.2) is 4.98 Å². The Morgan fingerprint density at radius 2 is 2.06 bits per heavy atom. The molecule has 0 aliphatic carbocycles. The fourth-order valence-electron chi connectivity index (χ4n) is 1.82. The van der Waals surface area contributed by atoms with E-state index in [1.807, 2.05) is 0 Å². The third kappa shape index (κ3) is 2.34. The van der Waals surface area contributed by atoms with E-state index in [9.17, 15) is 5.11 Å². The Bertz CT molecular complexity index is 540. The van der Waals surface area contributed by atoms with Gasteiger partial charge in [0.2, 0.25) is 5.95 Å². The Kier molecular flexibility index (Phi) is 3.58. The van der Waals surface area contributed by atoms with E-state index in [0.29, 0.717) is 24.1 Å². The maximum atomic E-state index is 9.21. The summed E-state index contributed by atoms with van der Waals surface area (Å²) in [5.74, 6) is 0.258. The number of rotatable bonds is 5. The summed E-state index contributed by atoms with van der Waals surface area (Å²) in [7, 11) is 0. The number of nitrogens with two attached hydrogens (primary N) is 2. The molecule has 0 saturated carbocycles. The maximum absolute atomic E-state index is 9.21. The smallest absolute Gasteiger partial charge is 0.224 e. The lowest BCUT2D eigenvalue weighted by Gasteiger charge is -2.13. The van der Waals surface area contributed by atoms with Gasteiger partial charge in [0.1, 0.15) is 5.52 Å². The highest BCUT2D eigenvalue weighted by atomic mass is 16.3. The first kappa shape index (κ1) is 12.5. The van der Waals surface area contributed by atoms with Crippen molar-refractivity contribution < 1.29 is 10.2 Å². The molecule has 98 valence electrons. The summed E-state index contributed by atoms with van der Waals surface area (Å²) in [6.07, 6.45) is 2.08. The number of fused-ring (bicyclic) bond motifs is 1. The van der Waals surface area contributed by atoms with Crippen molar-refractivity contribution in [1.29, 1.82) is 0 Å². The van der Waals surface area contributed by atoms with Crippen LogP contribution >= 0.6 is 0 Å². The second-order valence-electron chi connectivity index (χ2n) is 4.10. The molecule has 1 atom stereocenters. The van der Waals surface area contributed by atoms with Crippen molar-refractivity contribution in [2.75, 3.05) is 24.7 Å². The molecular formula is C10H16N6O2. The van der Waals surface area contributed by atoms with Gasteiger partial charge in [0, 0.05) is 25.7 Å². The Labute approximate surface area is 103 Å². The summed E-state index contributed by atoms with van der Waals surface area (Å²) in [5.41, 5.74) is 12.3. The molecule has 2 aromatic heterocycles. The lowest BCUT2D eigenvalue weighted by molar-refractivity contribution is 0.171. The average molecular weight is 252 g/mol. The van der Waals surface area contributed by atoms with Gasteiger partial charge in [-0.05, 0) is 6.42 Å². The van der Waals surface area contributed by atoms with E-state index in [1.165, 1.54) is 0 Å². The Balaban J connectivity index is 2.34. The first-order valence-electron chi connectivity index (χ1n) is 5.61. The van der Waals surface area contributed by atoms with Gasteiger partial charge >= 0.3 is 0 Å². The molecule has 2 heterocycles. The van der Waals surface area contributed by atoms with E-state index < -0.39 is 0 Å². The van der Waals surface area contributed by atoms with Gasteiger partial charge in [-0.1, -0.05) is 0 Å². The SMILES string of the molecule is Nc1nc(N)c2ncn(CC(CO)CCO)c2n1. The largest absolute Gasteiger partial charge is 0.396 e. The number of aliphatic hydroxyl groups is 2. The summed E-state index contributed by atoms with van der Waals surface area (Å²) in [4.78, 5) is 12.0. The quantitative estimate of drug-likeness (QED) is 0.534. The van der Waals surface area contributed by atoms with Crippen LogP contribution in [-0.4, -0.2) is 42.9 Å². The van der Waals surface area contributed by atoms with E-state index in [4.69, 9.17) is 16.6 Å². The molecule has 0 aromatic carbocycles. The van der Waals surface area contributed by atoms with Crippen LogP contribution in [-0.2, 0) is 6.54 Å². The van der Waals surface area contributed by atoms with Crippen LogP contribution in [0.4, 0.5) is 11.8 Å². The lowest BCUT2D eigenvalue weighted by atomic mass is 10.1. The zero-order valence-electron chi connectivity index (χ0n) is 9.82. The molecule has 18 heavy (non-hydrogen) atoms. The van der Waals surface area contributed by atoms with Crippen molar-refractivity contribution in [1.82, 2.24) is 19.5 Å².